The predicted octanol–water partition coefficient (Wildman–Crippen LogP) is 3.30. The number of thiazole rings is 1. The van der Waals surface area contributed by atoms with Crippen LogP contribution in [0.5, 0.6) is 0 Å². The zero-order chi connectivity index (χ0) is 19.2. The van der Waals surface area contributed by atoms with Crippen LogP contribution in [0.4, 0.5) is 0 Å². The Labute approximate surface area is 162 Å². The number of fused-ring (bicyclic) bond motifs is 1. The number of hydrogen-bond acceptors (Lipinski definition) is 4. The van der Waals surface area contributed by atoms with Gasteiger partial charge in [-0.1, -0.05) is 56.3 Å². The molecule has 5 nitrogen and oxygen atoms in total. The van der Waals surface area contributed by atoms with E-state index in [4.69, 9.17) is 0 Å². The second kappa shape index (κ2) is 8.77. The molecule has 0 aliphatic heterocycles. The van der Waals surface area contributed by atoms with Crippen LogP contribution < -0.4 is 10.6 Å². The molecule has 0 saturated heterocycles. The van der Waals surface area contributed by atoms with Crippen molar-refractivity contribution < 1.29 is 9.59 Å². The number of para-hydroxylation sites is 1. The fourth-order valence-corrected chi connectivity index (χ4v) is 3.72. The van der Waals surface area contributed by atoms with Crippen LogP contribution in [-0.4, -0.2) is 22.8 Å². The minimum atomic E-state index is -0.574. The smallest absolute Gasteiger partial charge is 0.243 e. The molecule has 1 unspecified atom stereocenters. The first-order valence-corrected chi connectivity index (χ1v) is 9.80. The van der Waals surface area contributed by atoms with Crippen molar-refractivity contribution in [3.63, 3.8) is 0 Å². The molecule has 1 aromatic heterocycles. The first kappa shape index (κ1) is 19.0. The highest BCUT2D eigenvalue weighted by molar-refractivity contribution is 7.18. The van der Waals surface area contributed by atoms with Crippen molar-refractivity contribution in [1.82, 2.24) is 15.6 Å². The maximum absolute atomic E-state index is 12.6. The lowest BCUT2D eigenvalue weighted by atomic mass is 10.0. The molecule has 3 rings (SSSR count). The zero-order valence-corrected chi connectivity index (χ0v) is 16.3. The van der Waals surface area contributed by atoms with Crippen LogP contribution in [0, 0.1) is 5.92 Å². The first-order chi connectivity index (χ1) is 13.0. The lowest BCUT2D eigenvalue weighted by molar-refractivity contribution is -0.129. The molecule has 2 aromatic carbocycles. The van der Waals surface area contributed by atoms with Gasteiger partial charge in [-0.3, -0.25) is 9.59 Å². The molecular weight excluding hydrogens is 358 g/mol. The fraction of sp³-hybridized carbons (Fsp3) is 0.286. The molecule has 140 valence electrons. The second-order valence-electron chi connectivity index (χ2n) is 6.74. The number of rotatable bonds is 7. The highest BCUT2D eigenvalue weighted by Crippen LogP contribution is 2.21. The van der Waals surface area contributed by atoms with Gasteiger partial charge in [0, 0.05) is 0 Å². The normalized spacial score (nSPS) is 12.1. The summed E-state index contributed by atoms with van der Waals surface area (Å²) in [6.45, 7) is 4.20. The summed E-state index contributed by atoms with van der Waals surface area (Å²) < 4.78 is 1.10. The van der Waals surface area contributed by atoms with Gasteiger partial charge in [0.25, 0.3) is 0 Å². The number of amides is 2. The third kappa shape index (κ3) is 5.14. The summed E-state index contributed by atoms with van der Waals surface area (Å²) in [6.07, 6.45) is 0.259. The highest BCUT2D eigenvalue weighted by atomic mass is 32.1. The third-order valence-corrected chi connectivity index (χ3v) is 5.26. The van der Waals surface area contributed by atoms with Gasteiger partial charge in [-0.05, 0) is 23.6 Å². The topological polar surface area (TPSA) is 71.1 Å². The standard InChI is InChI=1S/C21H23N3O2S/c1-14(2)20(24-18(25)12-15-8-4-3-5-9-15)21(26)22-13-19-23-16-10-6-7-11-17(16)27-19/h3-11,14,20H,12-13H2,1-2H3,(H,22,26)(H,24,25). The molecule has 0 spiro atoms. The minimum absolute atomic E-state index is 0.0138. The molecule has 0 radical (unpaired) electrons. The summed E-state index contributed by atoms with van der Waals surface area (Å²) in [5.74, 6) is -0.360. The van der Waals surface area contributed by atoms with Crippen molar-refractivity contribution in [3.05, 3.63) is 65.2 Å². The van der Waals surface area contributed by atoms with E-state index in [0.29, 0.717) is 6.54 Å². The minimum Gasteiger partial charge on any atom is -0.348 e. The summed E-state index contributed by atoms with van der Waals surface area (Å²) in [6, 6.07) is 16.8. The molecule has 0 saturated carbocycles. The molecule has 1 atom stereocenters. The van der Waals surface area contributed by atoms with Crippen molar-refractivity contribution in [2.24, 2.45) is 5.92 Å². The largest absolute Gasteiger partial charge is 0.348 e. The summed E-state index contributed by atoms with van der Waals surface area (Å²) in [4.78, 5) is 29.5. The van der Waals surface area contributed by atoms with E-state index in [2.05, 4.69) is 15.6 Å². The summed E-state index contributed by atoms with van der Waals surface area (Å²) in [7, 11) is 0. The van der Waals surface area contributed by atoms with E-state index in [1.54, 1.807) is 11.3 Å². The Morgan fingerprint density at radius 2 is 1.74 bits per heavy atom. The van der Waals surface area contributed by atoms with Gasteiger partial charge in [0.15, 0.2) is 0 Å². The molecule has 6 heteroatoms. The molecule has 3 aromatic rings. The molecule has 0 aliphatic rings. The molecule has 2 N–H and O–H groups in total. The molecule has 1 heterocycles. The lowest BCUT2D eigenvalue weighted by Gasteiger charge is -2.21. The Morgan fingerprint density at radius 1 is 1.04 bits per heavy atom. The summed E-state index contributed by atoms with van der Waals surface area (Å²) >= 11 is 1.56. The van der Waals surface area contributed by atoms with Crippen LogP contribution in [0.3, 0.4) is 0 Å². The Balaban J connectivity index is 1.58. The van der Waals surface area contributed by atoms with E-state index in [1.807, 2.05) is 68.4 Å². The van der Waals surface area contributed by atoms with Gasteiger partial charge in [-0.25, -0.2) is 4.98 Å². The Kier molecular flexibility index (Phi) is 6.19. The van der Waals surface area contributed by atoms with Crippen LogP contribution >= 0.6 is 11.3 Å². The predicted molar refractivity (Wildman–Crippen MR) is 108 cm³/mol. The van der Waals surface area contributed by atoms with Crippen molar-refractivity contribution in [2.45, 2.75) is 32.9 Å². The van der Waals surface area contributed by atoms with Crippen LogP contribution in [0.2, 0.25) is 0 Å². The van der Waals surface area contributed by atoms with Crippen LogP contribution in [0.25, 0.3) is 10.2 Å². The van der Waals surface area contributed by atoms with E-state index < -0.39 is 6.04 Å². The number of aromatic nitrogens is 1. The van der Waals surface area contributed by atoms with Gasteiger partial charge in [0.05, 0.1) is 23.2 Å². The average Bonchev–Trinajstić information content (AvgIpc) is 3.08. The van der Waals surface area contributed by atoms with Gasteiger partial charge in [-0.15, -0.1) is 11.3 Å². The van der Waals surface area contributed by atoms with E-state index >= 15 is 0 Å². The Hall–Kier alpha value is -2.73. The molecule has 2 amide bonds. The van der Waals surface area contributed by atoms with E-state index in [9.17, 15) is 9.59 Å². The van der Waals surface area contributed by atoms with E-state index in [-0.39, 0.29) is 24.2 Å². The van der Waals surface area contributed by atoms with Gasteiger partial charge in [-0.2, -0.15) is 0 Å². The Bertz CT molecular complexity index is 888. The number of carbonyl (C=O) groups excluding carboxylic acids is 2. The number of hydrogen-bond donors (Lipinski definition) is 2. The quantitative estimate of drug-likeness (QED) is 0.660. The Morgan fingerprint density at radius 3 is 2.44 bits per heavy atom. The average molecular weight is 382 g/mol. The maximum Gasteiger partial charge on any atom is 0.243 e. The lowest BCUT2D eigenvalue weighted by Crippen LogP contribution is -2.49. The van der Waals surface area contributed by atoms with E-state index in [1.165, 1.54) is 0 Å². The maximum atomic E-state index is 12.6. The van der Waals surface area contributed by atoms with Crippen molar-refractivity contribution in [1.29, 1.82) is 0 Å². The first-order valence-electron chi connectivity index (χ1n) is 8.98. The van der Waals surface area contributed by atoms with Crippen LogP contribution in [0.15, 0.2) is 54.6 Å². The number of nitrogens with zero attached hydrogens (tertiary/aromatic N) is 1. The van der Waals surface area contributed by atoms with Gasteiger partial charge in [0.2, 0.25) is 11.8 Å². The van der Waals surface area contributed by atoms with Crippen molar-refractivity contribution in [3.8, 4) is 0 Å². The molecule has 27 heavy (non-hydrogen) atoms. The number of nitrogens with one attached hydrogen (secondary N) is 2. The summed E-state index contributed by atoms with van der Waals surface area (Å²) in [5.41, 5.74) is 1.86. The monoisotopic (exact) mass is 381 g/mol. The van der Waals surface area contributed by atoms with Crippen molar-refractivity contribution >= 4 is 33.4 Å². The summed E-state index contributed by atoms with van der Waals surface area (Å²) in [5, 5.41) is 6.61. The molecule has 0 bridgehead atoms. The second-order valence-corrected chi connectivity index (χ2v) is 7.86. The van der Waals surface area contributed by atoms with Gasteiger partial charge in [0.1, 0.15) is 11.0 Å². The van der Waals surface area contributed by atoms with Gasteiger partial charge >= 0.3 is 0 Å². The van der Waals surface area contributed by atoms with Crippen LogP contribution in [0.1, 0.15) is 24.4 Å². The fourth-order valence-electron chi connectivity index (χ4n) is 2.81. The highest BCUT2D eigenvalue weighted by Gasteiger charge is 2.24. The molecular formula is C21H23N3O2S. The van der Waals surface area contributed by atoms with Crippen molar-refractivity contribution in [2.75, 3.05) is 0 Å². The SMILES string of the molecule is CC(C)C(NC(=O)Cc1ccccc1)C(=O)NCc1nc2ccccc2s1. The zero-order valence-electron chi connectivity index (χ0n) is 15.4. The molecule has 0 aliphatic carbocycles. The number of carbonyl (C=O) groups is 2. The van der Waals surface area contributed by atoms with Crippen LogP contribution in [-0.2, 0) is 22.6 Å². The number of benzene rings is 2. The van der Waals surface area contributed by atoms with Gasteiger partial charge < -0.3 is 10.6 Å². The van der Waals surface area contributed by atoms with E-state index in [0.717, 1.165) is 20.8 Å². The molecule has 0 fully saturated rings. The third-order valence-electron chi connectivity index (χ3n) is 4.23.